The van der Waals surface area contributed by atoms with E-state index in [9.17, 15) is 4.79 Å². The Kier molecular flexibility index (Phi) is 5.07. The third-order valence-electron chi connectivity index (χ3n) is 5.48. The number of para-hydroxylation sites is 1. The molecule has 4 heterocycles. The van der Waals surface area contributed by atoms with Gasteiger partial charge in [-0.2, -0.15) is 9.90 Å². The average Bonchev–Trinajstić information content (AvgIpc) is 3.44. The SMILES string of the molecule is Cc1cn2nc(OCC3CCN(C(=O)c4cnn(-c5ccccc5)n4)CC3)ccc2n1. The molecule has 158 valence electrons. The van der Waals surface area contributed by atoms with Crippen LogP contribution in [0.2, 0.25) is 0 Å². The monoisotopic (exact) mass is 417 g/mol. The molecule has 1 amide bonds. The number of carbonyl (C=O) groups is 1. The highest BCUT2D eigenvalue weighted by Gasteiger charge is 2.26. The summed E-state index contributed by atoms with van der Waals surface area (Å²) in [6.45, 7) is 3.88. The van der Waals surface area contributed by atoms with E-state index in [-0.39, 0.29) is 5.91 Å². The minimum Gasteiger partial charge on any atom is -0.476 e. The number of benzene rings is 1. The number of rotatable bonds is 5. The van der Waals surface area contributed by atoms with Gasteiger partial charge >= 0.3 is 0 Å². The number of carbonyl (C=O) groups excluding carboxylic acids is 1. The molecule has 0 radical (unpaired) electrons. The van der Waals surface area contributed by atoms with Gasteiger partial charge in [0.05, 0.1) is 30.4 Å². The van der Waals surface area contributed by atoms with Crippen molar-refractivity contribution in [2.75, 3.05) is 19.7 Å². The first-order valence-electron chi connectivity index (χ1n) is 10.4. The molecule has 0 bridgehead atoms. The van der Waals surface area contributed by atoms with Crippen LogP contribution in [0, 0.1) is 12.8 Å². The van der Waals surface area contributed by atoms with Crippen molar-refractivity contribution in [3.8, 4) is 11.6 Å². The minimum atomic E-state index is -0.0795. The van der Waals surface area contributed by atoms with Gasteiger partial charge in [0, 0.05) is 19.2 Å². The Hall–Kier alpha value is -3.75. The number of nitrogens with zero attached hydrogens (tertiary/aromatic N) is 7. The van der Waals surface area contributed by atoms with E-state index in [4.69, 9.17) is 4.74 Å². The number of amides is 1. The van der Waals surface area contributed by atoms with Gasteiger partial charge in [-0.1, -0.05) is 18.2 Å². The van der Waals surface area contributed by atoms with Crippen LogP contribution in [-0.4, -0.2) is 60.1 Å². The summed E-state index contributed by atoms with van der Waals surface area (Å²) in [4.78, 5) is 20.5. The van der Waals surface area contributed by atoms with Crippen LogP contribution in [0.15, 0.2) is 54.9 Å². The summed E-state index contributed by atoms with van der Waals surface area (Å²) < 4.78 is 7.64. The Morgan fingerprint density at radius 2 is 1.90 bits per heavy atom. The van der Waals surface area contributed by atoms with Crippen molar-refractivity contribution in [1.29, 1.82) is 0 Å². The second-order valence-electron chi connectivity index (χ2n) is 7.76. The summed E-state index contributed by atoms with van der Waals surface area (Å²) >= 11 is 0. The number of fused-ring (bicyclic) bond motifs is 1. The lowest BCUT2D eigenvalue weighted by Gasteiger charge is -2.31. The molecule has 1 aliphatic heterocycles. The quantitative estimate of drug-likeness (QED) is 0.496. The smallest absolute Gasteiger partial charge is 0.276 e. The van der Waals surface area contributed by atoms with Gasteiger partial charge in [0.25, 0.3) is 5.91 Å². The highest BCUT2D eigenvalue weighted by molar-refractivity contribution is 5.92. The predicted molar refractivity (Wildman–Crippen MR) is 113 cm³/mol. The van der Waals surface area contributed by atoms with E-state index in [2.05, 4.69) is 20.3 Å². The van der Waals surface area contributed by atoms with Crippen LogP contribution in [0.1, 0.15) is 29.0 Å². The van der Waals surface area contributed by atoms with E-state index in [0.717, 1.165) is 29.9 Å². The molecule has 9 nitrogen and oxygen atoms in total. The van der Waals surface area contributed by atoms with Crippen LogP contribution in [-0.2, 0) is 0 Å². The molecule has 1 fully saturated rings. The average molecular weight is 417 g/mol. The van der Waals surface area contributed by atoms with Crippen molar-refractivity contribution in [2.24, 2.45) is 5.92 Å². The van der Waals surface area contributed by atoms with Gasteiger partial charge in [0.1, 0.15) is 0 Å². The second kappa shape index (κ2) is 8.17. The molecule has 4 aromatic rings. The van der Waals surface area contributed by atoms with Crippen LogP contribution in [0.3, 0.4) is 0 Å². The summed E-state index contributed by atoms with van der Waals surface area (Å²) in [5, 5.41) is 13.0. The number of imidazole rings is 1. The molecule has 0 N–H and O–H groups in total. The summed E-state index contributed by atoms with van der Waals surface area (Å²) in [6, 6.07) is 13.3. The number of hydrogen-bond donors (Lipinski definition) is 0. The fourth-order valence-corrected chi connectivity index (χ4v) is 3.77. The molecule has 1 aliphatic rings. The second-order valence-corrected chi connectivity index (χ2v) is 7.76. The highest BCUT2D eigenvalue weighted by atomic mass is 16.5. The highest BCUT2D eigenvalue weighted by Crippen LogP contribution is 2.20. The topological polar surface area (TPSA) is 90.4 Å². The summed E-state index contributed by atoms with van der Waals surface area (Å²) in [5.41, 5.74) is 2.92. The first kappa shape index (κ1) is 19.2. The summed E-state index contributed by atoms with van der Waals surface area (Å²) in [7, 11) is 0. The zero-order valence-corrected chi connectivity index (χ0v) is 17.3. The minimum absolute atomic E-state index is 0.0795. The molecule has 0 atom stereocenters. The zero-order valence-electron chi connectivity index (χ0n) is 17.3. The Balaban J connectivity index is 1.15. The van der Waals surface area contributed by atoms with E-state index in [0.29, 0.717) is 37.2 Å². The van der Waals surface area contributed by atoms with Crippen LogP contribution < -0.4 is 4.74 Å². The molecule has 0 unspecified atom stereocenters. The maximum Gasteiger partial charge on any atom is 0.276 e. The molecule has 9 heteroatoms. The maximum atomic E-state index is 12.8. The first-order chi connectivity index (χ1) is 15.2. The van der Waals surface area contributed by atoms with Crippen molar-refractivity contribution >= 4 is 11.6 Å². The number of likely N-dealkylation sites (tertiary alicyclic amines) is 1. The Morgan fingerprint density at radius 1 is 1.10 bits per heavy atom. The van der Waals surface area contributed by atoms with Crippen LogP contribution in [0.5, 0.6) is 5.88 Å². The molecule has 31 heavy (non-hydrogen) atoms. The molecule has 0 aliphatic carbocycles. The van der Waals surface area contributed by atoms with Crippen molar-refractivity contribution in [3.05, 3.63) is 66.2 Å². The van der Waals surface area contributed by atoms with Gasteiger partial charge in [-0.3, -0.25) is 4.79 Å². The number of piperidine rings is 1. The summed E-state index contributed by atoms with van der Waals surface area (Å²) in [6.07, 6.45) is 5.17. The van der Waals surface area contributed by atoms with E-state index in [1.165, 1.54) is 11.0 Å². The molecule has 5 rings (SSSR count). The fourth-order valence-electron chi connectivity index (χ4n) is 3.77. The Bertz CT molecular complexity index is 1190. The first-order valence-corrected chi connectivity index (χ1v) is 10.4. The molecule has 3 aromatic heterocycles. The van der Waals surface area contributed by atoms with Crippen molar-refractivity contribution < 1.29 is 9.53 Å². The van der Waals surface area contributed by atoms with E-state index in [1.54, 1.807) is 4.52 Å². The van der Waals surface area contributed by atoms with Crippen molar-refractivity contribution in [1.82, 2.24) is 34.5 Å². The molecular weight excluding hydrogens is 394 g/mol. The lowest BCUT2D eigenvalue weighted by Crippen LogP contribution is -2.40. The van der Waals surface area contributed by atoms with Crippen molar-refractivity contribution in [3.63, 3.8) is 0 Å². The number of hydrogen-bond acceptors (Lipinski definition) is 6. The lowest BCUT2D eigenvalue weighted by atomic mass is 9.97. The number of ether oxygens (including phenoxy) is 1. The van der Waals surface area contributed by atoms with Gasteiger partial charge < -0.3 is 9.64 Å². The van der Waals surface area contributed by atoms with Crippen LogP contribution in [0.25, 0.3) is 11.3 Å². The molecule has 0 saturated carbocycles. The van der Waals surface area contributed by atoms with E-state index in [1.807, 2.05) is 60.5 Å². The van der Waals surface area contributed by atoms with Gasteiger partial charge in [-0.25, -0.2) is 9.50 Å². The lowest BCUT2D eigenvalue weighted by molar-refractivity contribution is 0.0652. The molecule has 1 aromatic carbocycles. The van der Waals surface area contributed by atoms with Crippen LogP contribution >= 0.6 is 0 Å². The van der Waals surface area contributed by atoms with E-state index < -0.39 is 0 Å². The Labute approximate surface area is 179 Å². The summed E-state index contributed by atoms with van der Waals surface area (Å²) in [5.74, 6) is 0.885. The molecular formula is C22H23N7O2. The number of aryl methyl sites for hydroxylation is 1. The fraction of sp³-hybridized carbons (Fsp3) is 0.318. The molecule has 0 spiro atoms. The van der Waals surface area contributed by atoms with Crippen molar-refractivity contribution in [2.45, 2.75) is 19.8 Å². The van der Waals surface area contributed by atoms with Gasteiger partial charge in [0.15, 0.2) is 11.3 Å². The van der Waals surface area contributed by atoms with Gasteiger partial charge in [-0.05, 0) is 43.9 Å². The number of aromatic nitrogens is 6. The largest absolute Gasteiger partial charge is 0.476 e. The van der Waals surface area contributed by atoms with Crippen LogP contribution in [0.4, 0.5) is 0 Å². The molecule has 1 saturated heterocycles. The van der Waals surface area contributed by atoms with E-state index >= 15 is 0 Å². The third-order valence-corrected chi connectivity index (χ3v) is 5.48. The van der Waals surface area contributed by atoms with Gasteiger partial charge in [0.2, 0.25) is 5.88 Å². The normalized spacial score (nSPS) is 14.8. The third kappa shape index (κ3) is 4.11. The zero-order chi connectivity index (χ0) is 21.2. The Morgan fingerprint density at radius 3 is 2.71 bits per heavy atom. The standard InChI is InChI=1S/C22H23N7O2/c1-16-14-28-20(24-16)7-8-21(26-28)31-15-17-9-11-27(12-10-17)22(30)19-13-23-29(25-19)18-5-3-2-4-6-18/h2-8,13-14,17H,9-12,15H2,1H3. The predicted octanol–water partition coefficient (Wildman–Crippen LogP) is 2.55. The maximum absolute atomic E-state index is 12.8. The van der Waals surface area contributed by atoms with Gasteiger partial charge in [-0.15, -0.1) is 10.2 Å².